The average molecular weight is 268 g/mol. The van der Waals surface area contributed by atoms with Gasteiger partial charge in [-0.15, -0.1) is 0 Å². The lowest BCUT2D eigenvalue weighted by molar-refractivity contribution is -0.393. The van der Waals surface area contributed by atoms with Crippen molar-refractivity contribution in [2.75, 3.05) is 11.9 Å². The van der Waals surface area contributed by atoms with Crippen LogP contribution in [0, 0.1) is 20.2 Å². The van der Waals surface area contributed by atoms with Gasteiger partial charge in [-0.05, 0) is 12.5 Å². The second kappa shape index (κ2) is 6.64. The molecule has 0 saturated heterocycles. The molecule has 1 aromatic rings. The third-order valence-corrected chi connectivity index (χ3v) is 2.67. The molecule has 0 radical (unpaired) electrons. The molecule has 0 saturated carbocycles. The van der Waals surface area contributed by atoms with Gasteiger partial charge in [-0.25, -0.2) is 0 Å². The largest absolute Gasteiger partial charge is 0.375 e. The Morgan fingerprint density at radius 3 is 2.47 bits per heavy atom. The molecule has 104 valence electrons. The number of benzene rings is 1. The molecule has 1 atom stereocenters. The van der Waals surface area contributed by atoms with Crippen molar-refractivity contribution in [2.24, 2.45) is 5.73 Å². The number of nitrogens with two attached hydrogens (primary N) is 1. The van der Waals surface area contributed by atoms with Crippen molar-refractivity contribution in [1.82, 2.24) is 0 Å². The molecule has 0 fully saturated rings. The lowest BCUT2D eigenvalue weighted by Crippen LogP contribution is -2.28. The van der Waals surface area contributed by atoms with Crippen LogP contribution in [0.5, 0.6) is 0 Å². The number of nitro groups is 2. The Labute approximate surface area is 109 Å². The lowest BCUT2D eigenvalue weighted by atomic mass is 10.1. The standard InChI is InChI=1S/C11H16N4O4/c1-2-3-8(7-12)13-10-5-4-9(14(16)17)6-11(10)15(18)19/h4-6,8,13H,2-3,7,12H2,1H3. The summed E-state index contributed by atoms with van der Waals surface area (Å²) in [6, 6.07) is 3.43. The van der Waals surface area contributed by atoms with E-state index >= 15 is 0 Å². The number of hydrogen-bond donors (Lipinski definition) is 2. The molecule has 8 heteroatoms. The normalized spacial score (nSPS) is 11.9. The quantitative estimate of drug-likeness (QED) is 0.576. The molecule has 1 rings (SSSR count). The van der Waals surface area contributed by atoms with Crippen molar-refractivity contribution in [1.29, 1.82) is 0 Å². The molecule has 0 aromatic heterocycles. The summed E-state index contributed by atoms with van der Waals surface area (Å²) in [7, 11) is 0. The van der Waals surface area contributed by atoms with Crippen LogP contribution in [0.15, 0.2) is 18.2 Å². The van der Waals surface area contributed by atoms with Crippen molar-refractivity contribution in [3.05, 3.63) is 38.4 Å². The molecule has 0 aliphatic rings. The minimum absolute atomic E-state index is 0.0924. The molecule has 0 heterocycles. The van der Waals surface area contributed by atoms with E-state index in [-0.39, 0.29) is 23.1 Å². The molecule has 0 aliphatic heterocycles. The fourth-order valence-corrected chi connectivity index (χ4v) is 1.72. The molecule has 0 amide bonds. The predicted octanol–water partition coefficient (Wildman–Crippen LogP) is 2.04. The summed E-state index contributed by atoms with van der Waals surface area (Å²) in [5.41, 5.74) is 5.20. The van der Waals surface area contributed by atoms with E-state index in [2.05, 4.69) is 5.32 Å². The Bertz CT molecular complexity index is 478. The van der Waals surface area contributed by atoms with Crippen LogP contribution in [-0.4, -0.2) is 22.4 Å². The second-order valence-corrected chi connectivity index (χ2v) is 4.08. The van der Waals surface area contributed by atoms with Crippen LogP contribution in [-0.2, 0) is 0 Å². The maximum atomic E-state index is 10.9. The lowest BCUT2D eigenvalue weighted by Gasteiger charge is -2.17. The van der Waals surface area contributed by atoms with Crippen molar-refractivity contribution in [2.45, 2.75) is 25.8 Å². The minimum Gasteiger partial charge on any atom is -0.375 e. The average Bonchev–Trinajstić information content (AvgIpc) is 2.37. The van der Waals surface area contributed by atoms with Crippen LogP contribution in [0.4, 0.5) is 17.1 Å². The fourth-order valence-electron chi connectivity index (χ4n) is 1.72. The zero-order valence-corrected chi connectivity index (χ0v) is 10.5. The summed E-state index contributed by atoms with van der Waals surface area (Å²) < 4.78 is 0. The van der Waals surface area contributed by atoms with Gasteiger partial charge >= 0.3 is 0 Å². The number of non-ortho nitro benzene ring substituents is 1. The van der Waals surface area contributed by atoms with Gasteiger partial charge in [-0.3, -0.25) is 20.2 Å². The van der Waals surface area contributed by atoms with E-state index in [1.54, 1.807) is 0 Å². The van der Waals surface area contributed by atoms with Gasteiger partial charge in [-0.1, -0.05) is 13.3 Å². The van der Waals surface area contributed by atoms with Gasteiger partial charge < -0.3 is 11.1 Å². The smallest absolute Gasteiger partial charge is 0.299 e. The van der Waals surface area contributed by atoms with Crippen LogP contribution >= 0.6 is 0 Å². The SMILES string of the molecule is CCCC(CN)Nc1ccc([N+](=O)[O-])cc1[N+](=O)[O-]. The minimum atomic E-state index is -0.663. The summed E-state index contributed by atoms with van der Waals surface area (Å²) in [6.45, 7) is 2.32. The number of rotatable bonds is 7. The number of nitrogens with zero attached hydrogens (tertiary/aromatic N) is 2. The number of nitro benzene ring substituents is 2. The highest BCUT2D eigenvalue weighted by Crippen LogP contribution is 2.29. The Morgan fingerprint density at radius 2 is 2.00 bits per heavy atom. The molecule has 1 unspecified atom stereocenters. The van der Waals surface area contributed by atoms with Crippen LogP contribution in [0.1, 0.15) is 19.8 Å². The van der Waals surface area contributed by atoms with Gasteiger partial charge in [0, 0.05) is 18.7 Å². The molecular formula is C11H16N4O4. The second-order valence-electron chi connectivity index (χ2n) is 4.08. The van der Waals surface area contributed by atoms with E-state index in [1.807, 2.05) is 6.92 Å². The Balaban J connectivity index is 3.06. The van der Waals surface area contributed by atoms with Crippen molar-refractivity contribution in [3.8, 4) is 0 Å². The van der Waals surface area contributed by atoms with Gasteiger partial charge in [-0.2, -0.15) is 0 Å². The van der Waals surface area contributed by atoms with Gasteiger partial charge in [0.15, 0.2) is 0 Å². The van der Waals surface area contributed by atoms with Gasteiger partial charge in [0.05, 0.1) is 15.9 Å². The van der Waals surface area contributed by atoms with E-state index < -0.39 is 9.85 Å². The maximum Gasteiger partial charge on any atom is 0.299 e. The Morgan fingerprint density at radius 1 is 1.32 bits per heavy atom. The topological polar surface area (TPSA) is 124 Å². The van der Waals surface area contributed by atoms with E-state index in [4.69, 9.17) is 5.73 Å². The zero-order valence-electron chi connectivity index (χ0n) is 10.5. The number of anilines is 1. The van der Waals surface area contributed by atoms with Crippen molar-refractivity contribution >= 4 is 17.1 Å². The third kappa shape index (κ3) is 3.88. The van der Waals surface area contributed by atoms with Gasteiger partial charge in [0.2, 0.25) is 0 Å². The summed E-state index contributed by atoms with van der Waals surface area (Å²) in [5, 5.41) is 24.5. The van der Waals surface area contributed by atoms with Crippen LogP contribution < -0.4 is 11.1 Å². The first-order valence-corrected chi connectivity index (χ1v) is 5.89. The van der Waals surface area contributed by atoms with E-state index in [0.29, 0.717) is 6.54 Å². The maximum absolute atomic E-state index is 10.9. The van der Waals surface area contributed by atoms with Crippen molar-refractivity contribution in [3.63, 3.8) is 0 Å². The Hall–Kier alpha value is -2.22. The fraction of sp³-hybridized carbons (Fsp3) is 0.455. The summed E-state index contributed by atoms with van der Waals surface area (Å²) in [6.07, 6.45) is 1.65. The zero-order chi connectivity index (χ0) is 14.4. The molecule has 8 nitrogen and oxygen atoms in total. The first-order chi connectivity index (χ1) is 8.99. The number of hydrogen-bond acceptors (Lipinski definition) is 6. The number of nitrogens with one attached hydrogen (secondary N) is 1. The van der Waals surface area contributed by atoms with Crippen molar-refractivity contribution < 1.29 is 9.85 Å². The third-order valence-electron chi connectivity index (χ3n) is 2.67. The van der Waals surface area contributed by atoms with Crippen LogP contribution in [0.3, 0.4) is 0 Å². The van der Waals surface area contributed by atoms with Gasteiger partial charge in [0.25, 0.3) is 11.4 Å². The molecular weight excluding hydrogens is 252 g/mol. The predicted molar refractivity (Wildman–Crippen MR) is 71.1 cm³/mol. The monoisotopic (exact) mass is 268 g/mol. The van der Waals surface area contributed by atoms with Crippen LogP contribution in [0.25, 0.3) is 0 Å². The van der Waals surface area contributed by atoms with Crippen LogP contribution in [0.2, 0.25) is 0 Å². The molecule has 0 bridgehead atoms. The molecule has 19 heavy (non-hydrogen) atoms. The summed E-state index contributed by atoms with van der Waals surface area (Å²) in [4.78, 5) is 20.2. The molecule has 3 N–H and O–H groups in total. The van der Waals surface area contributed by atoms with E-state index in [9.17, 15) is 20.2 Å². The van der Waals surface area contributed by atoms with E-state index in [1.165, 1.54) is 12.1 Å². The summed E-state index contributed by atoms with van der Waals surface area (Å²) >= 11 is 0. The molecule has 0 aliphatic carbocycles. The van der Waals surface area contributed by atoms with Gasteiger partial charge in [0.1, 0.15) is 5.69 Å². The highest BCUT2D eigenvalue weighted by atomic mass is 16.6. The highest BCUT2D eigenvalue weighted by molar-refractivity contribution is 5.65. The van der Waals surface area contributed by atoms with E-state index in [0.717, 1.165) is 18.9 Å². The first-order valence-electron chi connectivity index (χ1n) is 5.89. The first kappa shape index (κ1) is 14.8. The molecule has 0 spiro atoms. The highest BCUT2D eigenvalue weighted by Gasteiger charge is 2.20. The molecule has 1 aromatic carbocycles. The Kier molecular flexibility index (Phi) is 5.19. The summed E-state index contributed by atoms with van der Waals surface area (Å²) in [5.74, 6) is 0.